The molecule has 6 heteroatoms. The van der Waals surface area contributed by atoms with Gasteiger partial charge in [-0.25, -0.2) is 9.18 Å². The second-order valence-electron chi connectivity index (χ2n) is 3.65. The first-order valence-electron chi connectivity index (χ1n) is 5.32. The van der Waals surface area contributed by atoms with E-state index < -0.39 is 23.7 Å². The summed E-state index contributed by atoms with van der Waals surface area (Å²) >= 11 is 1.51. The van der Waals surface area contributed by atoms with Crippen molar-refractivity contribution in [1.29, 1.82) is 0 Å². The molecule has 98 valence electrons. The van der Waals surface area contributed by atoms with Crippen molar-refractivity contribution >= 4 is 23.6 Å². The number of hydrogen-bond acceptors (Lipinski definition) is 3. The lowest BCUT2D eigenvalue weighted by Crippen LogP contribution is -2.41. The number of aliphatic carboxylic acids is 1. The van der Waals surface area contributed by atoms with Gasteiger partial charge in [0.05, 0.1) is 0 Å². The Morgan fingerprint density at radius 2 is 2.00 bits per heavy atom. The van der Waals surface area contributed by atoms with Crippen LogP contribution in [0.25, 0.3) is 0 Å². The van der Waals surface area contributed by atoms with Crippen molar-refractivity contribution in [2.75, 3.05) is 12.0 Å². The van der Waals surface area contributed by atoms with Gasteiger partial charge < -0.3 is 10.4 Å². The van der Waals surface area contributed by atoms with Crippen LogP contribution in [0.2, 0.25) is 0 Å². The van der Waals surface area contributed by atoms with E-state index in [1.807, 2.05) is 6.26 Å². The van der Waals surface area contributed by atoms with Crippen LogP contribution < -0.4 is 5.32 Å². The number of rotatable bonds is 6. The van der Waals surface area contributed by atoms with Crippen molar-refractivity contribution in [3.05, 3.63) is 35.6 Å². The van der Waals surface area contributed by atoms with Gasteiger partial charge in [0.1, 0.15) is 11.9 Å². The fourth-order valence-corrected chi connectivity index (χ4v) is 1.81. The SMILES string of the molecule is CSCC[C@@H](NC(=O)c1ccc(F)cc1)C(=O)O. The minimum atomic E-state index is -1.07. The lowest BCUT2D eigenvalue weighted by atomic mass is 10.1. The molecule has 18 heavy (non-hydrogen) atoms. The van der Waals surface area contributed by atoms with Gasteiger partial charge in [-0.3, -0.25) is 4.79 Å². The molecule has 0 heterocycles. The largest absolute Gasteiger partial charge is 0.480 e. The lowest BCUT2D eigenvalue weighted by molar-refractivity contribution is -0.139. The van der Waals surface area contributed by atoms with Gasteiger partial charge in [-0.05, 0) is 42.7 Å². The van der Waals surface area contributed by atoms with Crippen LogP contribution in [0.15, 0.2) is 24.3 Å². The highest BCUT2D eigenvalue weighted by Crippen LogP contribution is 2.05. The summed E-state index contributed by atoms with van der Waals surface area (Å²) < 4.78 is 12.7. The highest BCUT2D eigenvalue weighted by atomic mass is 32.2. The second kappa shape index (κ2) is 7.00. The number of carbonyl (C=O) groups excluding carboxylic acids is 1. The molecule has 1 amide bonds. The number of nitrogens with one attached hydrogen (secondary N) is 1. The van der Waals surface area contributed by atoms with Crippen LogP contribution in [0, 0.1) is 5.82 Å². The molecule has 1 rings (SSSR count). The molecule has 0 saturated carbocycles. The monoisotopic (exact) mass is 271 g/mol. The molecule has 0 aliphatic rings. The van der Waals surface area contributed by atoms with Crippen LogP contribution in [-0.4, -0.2) is 35.0 Å². The molecule has 0 unspecified atom stereocenters. The molecule has 0 fully saturated rings. The quantitative estimate of drug-likeness (QED) is 0.827. The molecule has 1 atom stereocenters. The maximum absolute atomic E-state index is 12.7. The summed E-state index contributed by atoms with van der Waals surface area (Å²) in [6.45, 7) is 0. The third kappa shape index (κ3) is 4.37. The number of thioether (sulfide) groups is 1. The summed E-state index contributed by atoms with van der Waals surface area (Å²) in [6.07, 6.45) is 2.21. The van der Waals surface area contributed by atoms with Crippen LogP contribution in [0.3, 0.4) is 0 Å². The number of halogens is 1. The molecule has 0 saturated heterocycles. The number of carbonyl (C=O) groups is 2. The Labute approximate surface area is 109 Å². The second-order valence-corrected chi connectivity index (χ2v) is 4.64. The standard InChI is InChI=1S/C12H14FNO3S/c1-18-7-6-10(12(16)17)14-11(15)8-2-4-9(13)5-3-8/h2-5,10H,6-7H2,1H3,(H,14,15)(H,16,17)/t10-/m1/s1. The molecule has 0 aromatic heterocycles. The Balaban J connectivity index is 2.66. The molecule has 2 N–H and O–H groups in total. The molecule has 1 aromatic carbocycles. The number of benzene rings is 1. The first-order valence-corrected chi connectivity index (χ1v) is 6.72. The molecule has 1 aromatic rings. The maximum Gasteiger partial charge on any atom is 0.326 e. The first-order chi connectivity index (χ1) is 8.54. The van der Waals surface area contributed by atoms with E-state index in [-0.39, 0.29) is 5.56 Å². The number of amides is 1. The van der Waals surface area contributed by atoms with Crippen LogP contribution >= 0.6 is 11.8 Å². The van der Waals surface area contributed by atoms with E-state index >= 15 is 0 Å². The number of carboxylic acid groups (broad SMARTS) is 1. The summed E-state index contributed by atoms with van der Waals surface area (Å²) in [4.78, 5) is 22.7. The molecule has 0 aliphatic heterocycles. The number of carboxylic acids is 1. The van der Waals surface area contributed by atoms with Gasteiger partial charge in [-0.2, -0.15) is 11.8 Å². The smallest absolute Gasteiger partial charge is 0.326 e. The minimum Gasteiger partial charge on any atom is -0.480 e. The lowest BCUT2D eigenvalue weighted by Gasteiger charge is -2.13. The van der Waals surface area contributed by atoms with Crippen LogP contribution in [0.5, 0.6) is 0 Å². The fraction of sp³-hybridized carbons (Fsp3) is 0.333. The van der Waals surface area contributed by atoms with Gasteiger partial charge in [0.15, 0.2) is 0 Å². The molecular weight excluding hydrogens is 257 g/mol. The van der Waals surface area contributed by atoms with Crippen LogP contribution in [-0.2, 0) is 4.79 Å². The molecule has 0 aliphatic carbocycles. The predicted octanol–water partition coefficient (Wildman–Crippen LogP) is 1.76. The van der Waals surface area contributed by atoms with Crippen molar-refractivity contribution in [3.8, 4) is 0 Å². The third-order valence-electron chi connectivity index (χ3n) is 2.32. The van der Waals surface area contributed by atoms with Crippen molar-refractivity contribution in [1.82, 2.24) is 5.32 Å². The average Bonchev–Trinajstić information content (AvgIpc) is 2.34. The highest BCUT2D eigenvalue weighted by Gasteiger charge is 2.19. The zero-order chi connectivity index (χ0) is 13.5. The summed E-state index contributed by atoms with van der Waals surface area (Å²) in [7, 11) is 0. The van der Waals surface area contributed by atoms with Crippen molar-refractivity contribution in [2.24, 2.45) is 0 Å². The Bertz CT molecular complexity index is 422. The summed E-state index contributed by atoms with van der Waals surface area (Å²) in [5.74, 6) is -1.38. The Morgan fingerprint density at radius 1 is 1.39 bits per heavy atom. The average molecular weight is 271 g/mol. The van der Waals surface area contributed by atoms with Gasteiger partial charge in [-0.15, -0.1) is 0 Å². The van der Waals surface area contributed by atoms with Crippen molar-refractivity contribution < 1.29 is 19.1 Å². The Hall–Kier alpha value is -1.56. The first kappa shape index (κ1) is 14.5. The number of hydrogen-bond donors (Lipinski definition) is 2. The molecule has 0 spiro atoms. The van der Waals surface area contributed by atoms with E-state index in [2.05, 4.69) is 5.32 Å². The van der Waals surface area contributed by atoms with Gasteiger partial charge in [0.2, 0.25) is 0 Å². The normalized spacial score (nSPS) is 11.9. The van der Waals surface area contributed by atoms with Crippen molar-refractivity contribution in [3.63, 3.8) is 0 Å². The van der Waals surface area contributed by atoms with E-state index in [4.69, 9.17) is 5.11 Å². The van der Waals surface area contributed by atoms with Gasteiger partial charge in [0, 0.05) is 5.56 Å². The zero-order valence-electron chi connectivity index (χ0n) is 9.85. The summed E-state index contributed by atoms with van der Waals surface area (Å²) in [5, 5.41) is 11.4. The zero-order valence-corrected chi connectivity index (χ0v) is 10.7. The van der Waals surface area contributed by atoms with Gasteiger partial charge >= 0.3 is 5.97 Å². The summed E-state index contributed by atoms with van der Waals surface area (Å²) in [5.41, 5.74) is 0.242. The van der Waals surface area contributed by atoms with Crippen molar-refractivity contribution in [2.45, 2.75) is 12.5 Å². The minimum absolute atomic E-state index is 0.242. The van der Waals surface area contributed by atoms with Gasteiger partial charge in [0.25, 0.3) is 5.91 Å². The van der Waals surface area contributed by atoms with E-state index in [0.717, 1.165) is 12.1 Å². The van der Waals surface area contributed by atoms with E-state index in [0.29, 0.717) is 12.2 Å². The van der Waals surface area contributed by atoms with Gasteiger partial charge in [-0.1, -0.05) is 0 Å². The molecule has 4 nitrogen and oxygen atoms in total. The van der Waals surface area contributed by atoms with Crippen LogP contribution in [0.4, 0.5) is 4.39 Å². The molecular formula is C12H14FNO3S. The Morgan fingerprint density at radius 3 is 2.50 bits per heavy atom. The van der Waals surface area contributed by atoms with Crippen LogP contribution in [0.1, 0.15) is 16.8 Å². The Kier molecular flexibility index (Phi) is 5.64. The molecule has 0 bridgehead atoms. The maximum atomic E-state index is 12.7. The summed E-state index contributed by atoms with van der Waals surface area (Å²) in [6, 6.07) is 4.03. The topological polar surface area (TPSA) is 66.4 Å². The predicted molar refractivity (Wildman–Crippen MR) is 68.3 cm³/mol. The highest BCUT2D eigenvalue weighted by molar-refractivity contribution is 7.98. The fourth-order valence-electron chi connectivity index (χ4n) is 1.34. The van der Waals surface area contributed by atoms with E-state index in [9.17, 15) is 14.0 Å². The van der Waals surface area contributed by atoms with E-state index in [1.165, 1.54) is 23.9 Å². The molecule has 0 radical (unpaired) electrons. The van der Waals surface area contributed by atoms with E-state index in [1.54, 1.807) is 0 Å². The third-order valence-corrected chi connectivity index (χ3v) is 2.96.